The summed E-state index contributed by atoms with van der Waals surface area (Å²) >= 11 is 0. The Hall–Kier alpha value is -2.96. The van der Waals surface area contributed by atoms with Crippen LogP contribution in [0, 0.1) is 0 Å². The highest BCUT2D eigenvalue weighted by molar-refractivity contribution is 5.77. The van der Waals surface area contributed by atoms with Gasteiger partial charge >= 0.3 is 0 Å². The van der Waals surface area contributed by atoms with Crippen LogP contribution in [0.15, 0.2) is 47.4 Å². The zero-order valence-electron chi connectivity index (χ0n) is 14.0. The van der Waals surface area contributed by atoms with Crippen LogP contribution in [0.25, 0.3) is 11.4 Å². The molecule has 0 saturated heterocycles. The standard InChI is InChI=1S/C18H19N5O2/c1-13-15-5-3-9-22(15)10-11-23(13)17(24)7-6-16-20-18(21-25-16)14-4-2-8-19-12-14/h2-5,8-9,12-13H,6-7,10-11H2,1H3. The van der Waals surface area contributed by atoms with Gasteiger partial charge in [0, 0.05) is 55.8 Å². The molecule has 3 aromatic rings. The average molecular weight is 337 g/mol. The number of hydrogen-bond donors (Lipinski definition) is 0. The number of nitrogens with zero attached hydrogens (tertiary/aromatic N) is 5. The molecule has 0 spiro atoms. The van der Waals surface area contributed by atoms with Crippen molar-refractivity contribution >= 4 is 5.91 Å². The maximum Gasteiger partial charge on any atom is 0.227 e. The van der Waals surface area contributed by atoms with Gasteiger partial charge in [-0.1, -0.05) is 5.16 Å². The Labute approximate surface area is 145 Å². The first-order valence-corrected chi connectivity index (χ1v) is 8.40. The van der Waals surface area contributed by atoms with Gasteiger partial charge in [-0.25, -0.2) is 0 Å². The lowest BCUT2D eigenvalue weighted by molar-refractivity contribution is -0.134. The average Bonchev–Trinajstić information content (AvgIpc) is 3.30. The predicted octanol–water partition coefficient (Wildman–Crippen LogP) is 2.47. The third kappa shape index (κ3) is 3.05. The number of carbonyl (C=O) groups excluding carboxylic acids is 1. The van der Waals surface area contributed by atoms with E-state index in [-0.39, 0.29) is 11.9 Å². The molecule has 0 radical (unpaired) electrons. The second-order valence-electron chi connectivity index (χ2n) is 6.14. The van der Waals surface area contributed by atoms with Gasteiger partial charge in [-0.15, -0.1) is 0 Å². The van der Waals surface area contributed by atoms with Crippen molar-refractivity contribution < 1.29 is 9.32 Å². The van der Waals surface area contributed by atoms with Gasteiger partial charge < -0.3 is 14.0 Å². The Balaban J connectivity index is 1.39. The van der Waals surface area contributed by atoms with Gasteiger partial charge in [0.2, 0.25) is 17.6 Å². The van der Waals surface area contributed by atoms with E-state index in [4.69, 9.17) is 4.52 Å². The smallest absolute Gasteiger partial charge is 0.227 e. The second kappa shape index (κ2) is 6.51. The number of aryl methyl sites for hydroxylation is 1. The van der Waals surface area contributed by atoms with Crippen LogP contribution in [-0.4, -0.2) is 37.0 Å². The van der Waals surface area contributed by atoms with E-state index in [1.54, 1.807) is 12.4 Å². The summed E-state index contributed by atoms with van der Waals surface area (Å²) in [5, 5.41) is 3.96. The minimum Gasteiger partial charge on any atom is -0.348 e. The number of aromatic nitrogens is 4. The van der Waals surface area contributed by atoms with Crippen molar-refractivity contribution in [3.63, 3.8) is 0 Å². The van der Waals surface area contributed by atoms with Crippen LogP contribution < -0.4 is 0 Å². The summed E-state index contributed by atoms with van der Waals surface area (Å²) < 4.78 is 7.46. The normalized spacial score (nSPS) is 16.7. The quantitative estimate of drug-likeness (QED) is 0.731. The van der Waals surface area contributed by atoms with Gasteiger partial charge in [0.25, 0.3) is 0 Å². The molecule has 1 atom stereocenters. The second-order valence-corrected chi connectivity index (χ2v) is 6.14. The van der Waals surface area contributed by atoms with Crippen molar-refractivity contribution in [2.45, 2.75) is 32.4 Å². The highest BCUT2D eigenvalue weighted by Gasteiger charge is 2.27. The fourth-order valence-corrected chi connectivity index (χ4v) is 3.25. The summed E-state index contributed by atoms with van der Waals surface area (Å²) in [5.41, 5.74) is 1.98. The molecule has 1 amide bonds. The van der Waals surface area contributed by atoms with Gasteiger partial charge in [0.05, 0.1) is 6.04 Å². The number of carbonyl (C=O) groups is 1. The first-order chi connectivity index (χ1) is 12.2. The summed E-state index contributed by atoms with van der Waals surface area (Å²) in [5.74, 6) is 1.08. The van der Waals surface area contributed by atoms with Crippen molar-refractivity contribution in [1.82, 2.24) is 24.6 Å². The molecule has 4 rings (SSSR count). The van der Waals surface area contributed by atoms with Crippen LogP contribution in [0.3, 0.4) is 0 Å². The van der Waals surface area contributed by atoms with E-state index < -0.39 is 0 Å². The monoisotopic (exact) mass is 337 g/mol. The fourth-order valence-electron chi connectivity index (χ4n) is 3.25. The van der Waals surface area contributed by atoms with Crippen molar-refractivity contribution in [2.75, 3.05) is 6.54 Å². The van der Waals surface area contributed by atoms with E-state index in [1.807, 2.05) is 23.1 Å². The zero-order chi connectivity index (χ0) is 17.2. The van der Waals surface area contributed by atoms with Crippen molar-refractivity contribution in [3.8, 4) is 11.4 Å². The summed E-state index contributed by atoms with van der Waals surface area (Å²) in [6, 6.07) is 7.88. The molecule has 3 aromatic heterocycles. The van der Waals surface area contributed by atoms with Crippen molar-refractivity contribution in [2.24, 2.45) is 0 Å². The number of pyridine rings is 1. The summed E-state index contributed by atoms with van der Waals surface area (Å²) in [6.45, 7) is 3.63. The highest BCUT2D eigenvalue weighted by Crippen LogP contribution is 2.26. The third-order valence-electron chi connectivity index (χ3n) is 4.60. The SMILES string of the molecule is CC1c2cccn2CCN1C(=O)CCc1nc(-c2cccnc2)no1. The van der Waals surface area contributed by atoms with E-state index in [1.165, 1.54) is 5.69 Å². The molecule has 0 N–H and O–H groups in total. The fraction of sp³-hybridized carbons (Fsp3) is 0.333. The minimum atomic E-state index is 0.0879. The molecule has 0 aromatic carbocycles. The van der Waals surface area contributed by atoms with Crippen LogP contribution in [-0.2, 0) is 17.8 Å². The van der Waals surface area contributed by atoms with Gasteiger partial charge in [0.15, 0.2) is 0 Å². The lowest BCUT2D eigenvalue weighted by Gasteiger charge is -2.35. The number of fused-ring (bicyclic) bond motifs is 1. The Kier molecular flexibility index (Phi) is 4.05. The minimum absolute atomic E-state index is 0.0879. The zero-order valence-corrected chi connectivity index (χ0v) is 14.0. The van der Waals surface area contributed by atoms with E-state index >= 15 is 0 Å². The largest absolute Gasteiger partial charge is 0.348 e. The molecule has 0 saturated carbocycles. The molecule has 25 heavy (non-hydrogen) atoms. The predicted molar refractivity (Wildman–Crippen MR) is 90.4 cm³/mol. The molecule has 128 valence electrons. The summed E-state index contributed by atoms with van der Waals surface area (Å²) in [7, 11) is 0. The highest BCUT2D eigenvalue weighted by atomic mass is 16.5. The lowest BCUT2D eigenvalue weighted by atomic mass is 10.1. The topological polar surface area (TPSA) is 77.1 Å². The van der Waals surface area contributed by atoms with Crippen LogP contribution in [0.1, 0.15) is 31.0 Å². The summed E-state index contributed by atoms with van der Waals surface area (Å²) in [6.07, 6.45) is 6.24. The Morgan fingerprint density at radius 2 is 2.24 bits per heavy atom. The first kappa shape index (κ1) is 15.6. The molecule has 0 bridgehead atoms. The van der Waals surface area contributed by atoms with Crippen LogP contribution in [0.5, 0.6) is 0 Å². The Morgan fingerprint density at radius 3 is 3.08 bits per heavy atom. The molecule has 0 aliphatic carbocycles. The van der Waals surface area contributed by atoms with Crippen molar-refractivity contribution in [1.29, 1.82) is 0 Å². The molecule has 1 unspecified atom stereocenters. The molecule has 7 heteroatoms. The van der Waals surface area contributed by atoms with E-state index in [2.05, 4.69) is 38.9 Å². The Bertz CT molecular complexity index is 870. The molecular formula is C18H19N5O2. The van der Waals surface area contributed by atoms with Crippen LogP contribution in [0.2, 0.25) is 0 Å². The molecule has 0 fully saturated rings. The lowest BCUT2D eigenvalue weighted by Crippen LogP contribution is -2.40. The third-order valence-corrected chi connectivity index (χ3v) is 4.60. The van der Waals surface area contributed by atoms with Gasteiger partial charge in [-0.3, -0.25) is 9.78 Å². The van der Waals surface area contributed by atoms with E-state index in [0.717, 1.165) is 18.7 Å². The maximum atomic E-state index is 12.6. The van der Waals surface area contributed by atoms with Gasteiger partial charge in [-0.05, 0) is 31.2 Å². The maximum absolute atomic E-state index is 12.6. The molecule has 4 heterocycles. The van der Waals surface area contributed by atoms with E-state index in [0.29, 0.717) is 24.6 Å². The summed E-state index contributed by atoms with van der Waals surface area (Å²) in [4.78, 5) is 22.9. The number of amides is 1. The molecule has 1 aliphatic rings. The molecule has 7 nitrogen and oxygen atoms in total. The molecule has 1 aliphatic heterocycles. The first-order valence-electron chi connectivity index (χ1n) is 8.40. The van der Waals surface area contributed by atoms with Gasteiger partial charge in [0.1, 0.15) is 0 Å². The number of rotatable bonds is 4. The molecular weight excluding hydrogens is 318 g/mol. The van der Waals surface area contributed by atoms with Gasteiger partial charge in [-0.2, -0.15) is 4.98 Å². The number of hydrogen-bond acceptors (Lipinski definition) is 5. The van der Waals surface area contributed by atoms with E-state index in [9.17, 15) is 4.79 Å². The van der Waals surface area contributed by atoms with Crippen molar-refractivity contribution in [3.05, 3.63) is 54.4 Å². The Morgan fingerprint density at radius 1 is 1.32 bits per heavy atom. The van der Waals surface area contributed by atoms with Crippen LogP contribution >= 0.6 is 0 Å². The van der Waals surface area contributed by atoms with Crippen LogP contribution in [0.4, 0.5) is 0 Å².